The molecule has 6 rings (SSSR count). The molecule has 0 saturated heterocycles. The smallest absolute Gasteiger partial charge is 0.202 e. The number of fused-ring (bicyclic) bond motifs is 9. The van der Waals surface area contributed by atoms with Crippen LogP contribution in [0.1, 0.15) is 5.56 Å². The summed E-state index contributed by atoms with van der Waals surface area (Å²) in [5.74, 6) is 0. The van der Waals surface area contributed by atoms with Crippen molar-refractivity contribution in [1.82, 2.24) is 4.68 Å². The van der Waals surface area contributed by atoms with Crippen molar-refractivity contribution in [3.63, 3.8) is 0 Å². The number of rotatable bonds is 0. The van der Waals surface area contributed by atoms with Crippen LogP contribution in [0.5, 0.6) is 0 Å². The first-order valence-electron chi connectivity index (χ1n) is 8.56. The number of para-hydroxylation sites is 1. The molecule has 5 heteroatoms. The van der Waals surface area contributed by atoms with Crippen LogP contribution in [-0.4, -0.2) is 4.68 Å². The average Bonchev–Trinajstić information content (AvgIpc) is 3.34. The van der Waals surface area contributed by atoms with Gasteiger partial charge in [-0.05, 0) is 24.3 Å². The van der Waals surface area contributed by atoms with Crippen molar-refractivity contribution in [2.75, 3.05) is 0 Å². The highest BCUT2D eigenvalue weighted by Crippen LogP contribution is 2.39. The maximum atomic E-state index is 7.41. The van der Waals surface area contributed by atoms with Gasteiger partial charge in [-0.1, -0.05) is 24.3 Å². The van der Waals surface area contributed by atoms with Crippen LogP contribution < -0.4 is 4.68 Å². The topological polar surface area (TPSA) is 30.7 Å². The fraction of sp³-hybridized carbons (Fsp3) is 0.0455. The van der Waals surface area contributed by atoms with E-state index < -0.39 is 0 Å². The number of nitrogens with zero attached hydrogens (tertiary/aromatic N) is 4. The van der Waals surface area contributed by atoms with E-state index in [1.165, 1.54) is 5.56 Å². The summed E-state index contributed by atoms with van der Waals surface area (Å²) in [5.41, 5.74) is 5.62. The van der Waals surface area contributed by atoms with Crippen molar-refractivity contribution >= 4 is 44.2 Å². The van der Waals surface area contributed by atoms with E-state index in [4.69, 9.17) is 17.6 Å². The predicted octanol–water partition coefficient (Wildman–Crippen LogP) is 5.28. The third kappa shape index (κ3) is 1.68. The normalized spacial score (nSPS) is 12.2. The van der Waals surface area contributed by atoms with Crippen molar-refractivity contribution in [1.29, 1.82) is 0 Å². The summed E-state index contributed by atoms with van der Waals surface area (Å²) in [5, 5.41) is 3.14. The highest BCUT2D eigenvalue weighted by Gasteiger charge is 2.32. The second kappa shape index (κ2) is 4.75. The summed E-state index contributed by atoms with van der Waals surface area (Å²) in [6, 6.07) is 15.9. The van der Waals surface area contributed by atoms with Crippen LogP contribution in [0.4, 0.5) is 11.4 Å². The maximum Gasteiger partial charge on any atom is 0.202 e. The number of aromatic nitrogens is 2. The Kier molecular flexibility index (Phi) is 2.48. The first-order valence-corrected chi connectivity index (χ1v) is 8.56. The van der Waals surface area contributed by atoms with Gasteiger partial charge in [0.2, 0.25) is 6.20 Å². The van der Waals surface area contributed by atoms with E-state index >= 15 is 0 Å². The fourth-order valence-corrected chi connectivity index (χ4v) is 4.12. The molecular formula is C22H11N4O+. The van der Waals surface area contributed by atoms with Crippen molar-refractivity contribution < 1.29 is 9.10 Å². The molecule has 5 nitrogen and oxygen atoms in total. The van der Waals surface area contributed by atoms with Gasteiger partial charge >= 0.3 is 0 Å². The van der Waals surface area contributed by atoms with Gasteiger partial charge in [0.15, 0.2) is 29.2 Å². The molecule has 5 aromatic rings. The Bertz CT molecular complexity index is 1520. The summed E-state index contributed by atoms with van der Waals surface area (Å²) in [4.78, 5) is 7.04. The lowest BCUT2D eigenvalue weighted by atomic mass is 10.1. The minimum Gasteiger partial charge on any atom is -0.454 e. The lowest BCUT2D eigenvalue weighted by molar-refractivity contribution is -0.749. The summed E-state index contributed by atoms with van der Waals surface area (Å²) >= 11 is 0. The standard InChI is InChI=1S/C22H11N4O/c1-23-17-9-14-12-25-11-13-7-8-16-15-5-3-4-6-20(15)27-22(16)21(13)26(25)19(14)10-18(17)24-2/h3-10,12H,11H2/q+1. The maximum absolute atomic E-state index is 7.41. The Hall–Kier alpha value is -4.09. The second-order valence-electron chi connectivity index (χ2n) is 6.71. The van der Waals surface area contributed by atoms with Gasteiger partial charge in [0, 0.05) is 10.8 Å². The summed E-state index contributed by atoms with van der Waals surface area (Å²) in [6.07, 6.45) is 2.03. The first-order chi connectivity index (χ1) is 13.3. The number of hydrogen-bond donors (Lipinski definition) is 0. The van der Waals surface area contributed by atoms with E-state index in [9.17, 15) is 0 Å². The van der Waals surface area contributed by atoms with Crippen LogP contribution >= 0.6 is 0 Å². The highest BCUT2D eigenvalue weighted by atomic mass is 16.3. The van der Waals surface area contributed by atoms with Gasteiger partial charge in [0.1, 0.15) is 11.1 Å². The molecule has 0 N–H and O–H groups in total. The molecule has 3 aromatic carbocycles. The zero-order valence-corrected chi connectivity index (χ0v) is 14.1. The summed E-state index contributed by atoms with van der Waals surface area (Å²) in [6.45, 7) is 15.5. The monoisotopic (exact) mass is 347 g/mol. The molecule has 1 aliphatic rings. The molecule has 0 unspecified atom stereocenters. The van der Waals surface area contributed by atoms with E-state index in [-0.39, 0.29) is 0 Å². The Balaban J connectivity index is 1.76. The molecule has 0 amide bonds. The molecule has 0 fully saturated rings. The number of hydrogen-bond acceptors (Lipinski definition) is 1. The van der Waals surface area contributed by atoms with Crippen molar-refractivity contribution in [3.05, 3.63) is 83.1 Å². The third-order valence-electron chi connectivity index (χ3n) is 5.29. The Labute approximate surface area is 153 Å². The van der Waals surface area contributed by atoms with Crippen molar-refractivity contribution in [2.24, 2.45) is 0 Å². The van der Waals surface area contributed by atoms with Crippen LogP contribution in [0.25, 0.3) is 48.2 Å². The zero-order chi connectivity index (χ0) is 18.1. The first kappa shape index (κ1) is 14.1. The second-order valence-corrected chi connectivity index (χ2v) is 6.71. The van der Waals surface area contributed by atoms with E-state index in [0.717, 1.165) is 45.1 Å². The van der Waals surface area contributed by atoms with Gasteiger partial charge in [0.05, 0.1) is 24.1 Å². The molecule has 1 aliphatic heterocycles. The van der Waals surface area contributed by atoms with Gasteiger partial charge in [-0.15, -0.1) is 9.36 Å². The van der Waals surface area contributed by atoms with E-state index in [1.807, 2.05) is 30.5 Å². The van der Waals surface area contributed by atoms with Crippen LogP contribution in [0.3, 0.4) is 0 Å². The Morgan fingerprint density at radius 1 is 0.963 bits per heavy atom. The molecule has 0 aliphatic carbocycles. The fourth-order valence-electron chi connectivity index (χ4n) is 4.12. The van der Waals surface area contributed by atoms with Crippen LogP contribution in [0, 0.1) is 13.1 Å². The average molecular weight is 347 g/mol. The van der Waals surface area contributed by atoms with Crippen LogP contribution in [-0.2, 0) is 6.54 Å². The molecule has 27 heavy (non-hydrogen) atoms. The largest absolute Gasteiger partial charge is 0.454 e. The number of furan rings is 1. The molecule has 2 aromatic heterocycles. The van der Waals surface area contributed by atoms with Gasteiger partial charge in [-0.25, -0.2) is 0 Å². The van der Waals surface area contributed by atoms with Gasteiger partial charge in [-0.3, -0.25) is 9.69 Å². The Morgan fingerprint density at radius 3 is 2.63 bits per heavy atom. The third-order valence-corrected chi connectivity index (χ3v) is 5.29. The quantitative estimate of drug-likeness (QED) is 0.272. The minimum atomic E-state index is 0.379. The van der Waals surface area contributed by atoms with Gasteiger partial charge in [-0.2, -0.15) is 0 Å². The van der Waals surface area contributed by atoms with E-state index in [2.05, 4.69) is 37.3 Å². The molecule has 0 radical (unpaired) electrons. The zero-order valence-electron chi connectivity index (χ0n) is 14.1. The lowest BCUT2D eigenvalue weighted by Crippen LogP contribution is -2.36. The SMILES string of the molecule is [C-]#[N+]c1cc2c[n+]3n(c2cc1[N+]#[C-])-c1c(ccc2c1oc1ccccc12)C3. The molecule has 3 heterocycles. The summed E-state index contributed by atoms with van der Waals surface area (Å²) in [7, 11) is 0. The molecule has 0 spiro atoms. The van der Waals surface area contributed by atoms with Crippen molar-refractivity contribution in [2.45, 2.75) is 6.54 Å². The Morgan fingerprint density at radius 2 is 1.78 bits per heavy atom. The van der Waals surface area contributed by atoms with Gasteiger partial charge < -0.3 is 4.42 Å². The molecular weight excluding hydrogens is 336 g/mol. The molecule has 0 bridgehead atoms. The van der Waals surface area contributed by atoms with Crippen LogP contribution in [0.15, 0.2) is 59.1 Å². The molecule has 124 valence electrons. The molecule has 0 atom stereocenters. The van der Waals surface area contributed by atoms with Crippen LogP contribution in [0.2, 0.25) is 0 Å². The van der Waals surface area contributed by atoms with Gasteiger partial charge in [0.25, 0.3) is 0 Å². The van der Waals surface area contributed by atoms with E-state index in [0.29, 0.717) is 11.4 Å². The predicted molar refractivity (Wildman–Crippen MR) is 102 cm³/mol. The van der Waals surface area contributed by atoms with Crippen molar-refractivity contribution in [3.8, 4) is 5.69 Å². The highest BCUT2D eigenvalue weighted by molar-refractivity contribution is 6.08. The molecule has 0 saturated carbocycles. The lowest BCUT2D eigenvalue weighted by Gasteiger charge is -2.01. The summed E-state index contributed by atoms with van der Waals surface area (Å²) < 4.78 is 10.5. The minimum absolute atomic E-state index is 0.379. The van der Waals surface area contributed by atoms with E-state index in [1.54, 1.807) is 6.07 Å². The number of benzene rings is 3.